The molecule has 1 heterocycles. The van der Waals surface area contributed by atoms with Crippen molar-refractivity contribution in [3.63, 3.8) is 0 Å². The number of carboxylic acid groups (broad SMARTS) is 1. The van der Waals surface area contributed by atoms with Gasteiger partial charge in [0, 0.05) is 38.0 Å². The number of rotatable bonds is 11. The lowest BCUT2D eigenvalue weighted by atomic mass is 9.96. The molecule has 4 rings (SSSR count). The highest BCUT2D eigenvalue weighted by Gasteiger charge is 2.37. The van der Waals surface area contributed by atoms with E-state index in [2.05, 4.69) is 0 Å². The Morgan fingerprint density at radius 3 is 2.39 bits per heavy atom. The Labute approximate surface area is 226 Å². The van der Waals surface area contributed by atoms with E-state index in [1.54, 1.807) is 42.3 Å². The van der Waals surface area contributed by atoms with E-state index >= 15 is 0 Å². The summed E-state index contributed by atoms with van der Waals surface area (Å²) in [6.07, 6.45) is 0.698. The first kappa shape index (κ1) is 27.3. The minimum atomic E-state index is -1.65. The number of carbonyl (C=O) groups is 2. The number of likely N-dealkylation sites (N-methyl/N-ethyl adjacent to an activating group) is 1. The zero-order valence-electron chi connectivity index (χ0n) is 21.3. The Morgan fingerprint density at radius 2 is 1.74 bits per heavy atom. The lowest BCUT2D eigenvalue weighted by Gasteiger charge is -2.26. The highest BCUT2D eigenvalue weighted by Crippen LogP contribution is 2.26. The summed E-state index contributed by atoms with van der Waals surface area (Å²) < 4.78 is 25.5. The number of carbonyl (C=O) groups excluding carboxylic acids is 1. The van der Waals surface area contributed by atoms with Gasteiger partial charge in [-0.15, -0.1) is 0 Å². The van der Waals surface area contributed by atoms with Gasteiger partial charge >= 0.3 is 12.0 Å². The molecule has 1 aliphatic heterocycles. The van der Waals surface area contributed by atoms with Gasteiger partial charge in [0.2, 0.25) is 5.60 Å². The molecular formula is C29H30ClFN2O5. The molecule has 1 fully saturated rings. The number of para-hydroxylation sites is 1. The van der Waals surface area contributed by atoms with Gasteiger partial charge in [-0.2, -0.15) is 0 Å². The van der Waals surface area contributed by atoms with Crippen molar-refractivity contribution in [1.29, 1.82) is 0 Å². The Kier molecular flexibility index (Phi) is 8.42. The molecule has 7 nitrogen and oxygen atoms in total. The fourth-order valence-electron chi connectivity index (χ4n) is 4.39. The normalized spacial score (nSPS) is 16.8. The number of ether oxygens (including phenoxy) is 2. The highest BCUT2D eigenvalue weighted by atomic mass is 35.5. The quantitative estimate of drug-likeness (QED) is 0.340. The molecule has 0 radical (unpaired) electrons. The van der Waals surface area contributed by atoms with Crippen LogP contribution in [0.2, 0.25) is 5.02 Å². The van der Waals surface area contributed by atoms with Crippen molar-refractivity contribution in [2.24, 2.45) is 0 Å². The molecule has 1 aliphatic rings. The monoisotopic (exact) mass is 540 g/mol. The summed E-state index contributed by atoms with van der Waals surface area (Å²) in [6, 6.07) is 20.2. The number of benzene rings is 3. The van der Waals surface area contributed by atoms with Crippen molar-refractivity contribution in [3.8, 4) is 11.5 Å². The maximum atomic E-state index is 14.0. The Morgan fingerprint density at radius 1 is 1.08 bits per heavy atom. The van der Waals surface area contributed by atoms with Crippen molar-refractivity contribution in [3.05, 3.63) is 94.8 Å². The fraction of sp³-hybridized carbons (Fsp3) is 0.310. The molecule has 9 heteroatoms. The molecular weight excluding hydrogens is 511 g/mol. The van der Waals surface area contributed by atoms with Crippen molar-refractivity contribution >= 4 is 23.6 Å². The largest absolute Gasteiger partial charge is 0.494 e. The summed E-state index contributed by atoms with van der Waals surface area (Å²) in [5, 5.41) is 10.4. The number of hydrogen-bond donors (Lipinski definition) is 1. The number of carboxylic acids is 1. The maximum Gasteiger partial charge on any atom is 0.348 e. The van der Waals surface area contributed by atoms with Crippen molar-refractivity contribution in [2.45, 2.75) is 38.0 Å². The molecule has 3 aromatic rings. The van der Waals surface area contributed by atoms with E-state index in [-0.39, 0.29) is 24.2 Å². The van der Waals surface area contributed by atoms with E-state index in [1.165, 1.54) is 25.1 Å². The Bertz CT molecular complexity index is 1270. The predicted molar refractivity (Wildman–Crippen MR) is 142 cm³/mol. The Hall–Kier alpha value is -3.78. The topological polar surface area (TPSA) is 79.3 Å². The van der Waals surface area contributed by atoms with Crippen LogP contribution >= 0.6 is 11.6 Å². The smallest absolute Gasteiger partial charge is 0.348 e. The van der Waals surface area contributed by atoms with Gasteiger partial charge in [-0.05, 0) is 54.4 Å². The lowest BCUT2D eigenvalue weighted by molar-refractivity contribution is -0.153. The van der Waals surface area contributed by atoms with Crippen LogP contribution in [-0.4, -0.2) is 58.7 Å². The second-order valence-electron chi connectivity index (χ2n) is 9.58. The summed E-state index contributed by atoms with van der Waals surface area (Å²) in [5.74, 6) is -1.29. The van der Waals surface area contributed by atoms with Crippen LogP contribution in [-0.2, 0) is 17.8 Å². The second-order valence-corrected chi connectivity index (χ2v) is 10.0. The zero-order chi connectivity index (χ0) is 27.3. The molecule has 0 aromatic heterocycles. The standard InChI is InChI=1S/C29H30ClFN2O5/c1-29(27(34)35,38-26-6-4-3-5-25(26)31)17-20-9-13-24(14-10-20)37-16-15-23-19-33(28(36)32(23)2)18-21-7-11-22(30)12-8-21/h3-14,23H,15-19H2,1-2H3,(H,34,35)/t23-,29-/m0/s1. The molecule has 38 heavy (non-hydrogen) atoms. The number of aliphatic carboxylic acids is 1. The number of nitrogens with zero attached hydrogens (tertiary/aromatic N) is 2. The molecule has 0 bridgehead atoms. The number of urea groups is 1. The van der Waals surface area contributed by atoms with Gasteiger partial charge in [-0.25, -0.2) is 14.0 Å². The van der Waals surface area contributed by atoms with E-state index in [0.717, 1.165) is 5.56 Å². The summed E-state index contributed by atoms with van der Waals surface area (Å²) in [5.41, 5.74) is 0.0752. The lowest BCUT2D eigenvalue weighted by Crippen LogP contribution is -2.43. The molecule has 200 valence electrons. The minimum absolute atomic E-state index is 0.0200. The third-order valence-corrected chi connectivity index (χ3v) is 6.90. The second kappa shape index (κ2) is 11.7. The van der Waals surface area contributed by atoms with Crippen LogP contribution in [0.1, 0.15) is 24.5 Å². The van der Waals surface area contributed by atoms with Gasteiger partial charge in [0.1, 0.15) is 5.75 Å². The van der Waals surface area contributed by atoms with E-state index < -0.39 is 17.4 Å². The van der Waals surface area contributed by atoms with Crippen LogP contribution in [0.3, 0.4) is 0 Å². The first-order valence-corrected chi connectivity index (χ1v) is 12.7. The highest BCUT2D eigenvalue weighted by molar-refractivity contribution is 6.30. The average molecular weight is 541 g/mol. The van der Waals surface area contributed by atoms with Crippen molar-refractivity contribution < 1.29 is 28.6 Å². The van der Waals surface area contributed by atoms with E-state index in [4.69, 9.17) is 21.1 Å². The first-order chi connectivity index (χ1) is 18.1. The van der Waals surface area contributed by atoms with Gasteiger partial charge < -0.3 is 24.4 Å². The summed E-state index contributed by atoms with van der Waals surface area (Å²) in [6.45, 7) is 2.96. The third kappa shape index (κ3) is 6.55. The van der Waals surface area contributed by atoms with Crippen LogP contribution in [0.5, 0.6) is 11.5 Å². The Balaban J connectivity index is 1.29. The van der Waals surface area contributed by atoms with Gasteiger partial charge in [-0.3, -0.25) is 0 Å². The number of amides is 2. The molecule has 0 saturated carbocycles. The maximum absolute atomic E-state index is 14.0. The molecule has 1 N–H and O–H groups in total. The van der Waals surface area contributed by atoms with Gasteiger partial charge in [0.25, 0.3) is 0 Å². The van der Waals surface area contributed by atoms with E-state index in [1.807, 2.05) is 29.2 Å². The summed E-state index contributed by atoms with van der Waals surface area (Å²) in [7, 11) is 1.80. The van der Waals surface area contributed by atoms with Crippen LogP contribution < -0.4 is 9.47 Å². The molecule has 0 aliphatic carbocycles. The van der Waals surface area contributed by atoms with Crippen molar-refractivity contribution in [2.75, 3.05) is 20.2 Å². The molecule has 2 amide bonds. The molecule has 0 unspecified atom stereocenters. The van der Waals surface area contributed by atoms with Crippen LogP contribution in [0, 0.1) is 5.82 Å². The zero-order valence-corrected chi connectivity index (χ0v) is 22.0. The summed E-state index contributed by atoms with van der Waals surface area (Å²) >= 11 is 5.95. The number of hydrogen-bond acceptors (Lipinski definition) is 4. The van der Waals surface area contributed by atoms with E-state index in [9.17, 15) is 19.1 Å². The van der Waals surface area contributed by atoms with Crippen LogP contribution in [0.4, 0.5) is 9.18 Å². The first-order valence-electron chi connectivity index (χ1n) is 12.3. The SMILES string of the molecule is CN1C(=O)N(Cc2ccc(Cl)cc2)C[C@@H]1CCOc1ccc(C[C@](C)(Oc2ccccc2F)C(=O)O)cc1. The molecule has 3 aromatic carbocycles. The average Bonchev–Trinajstić information content (AvgIpc) is 3.15. The molecule has 2 atom stereocenters. The minimum Gasteiger partial charge on any atom is -0.494 e. The van der Waals surface area contributed by atoms with Crippen molar-refractivity contribution in [1.82, 2.24) is 9.80 Å². The third-order valence-electron chi connectivity index (χ3n) is 6.65. The van der Waals surface area contributed by atoms with Gasteiger partial charge in [-0.1, -0.05) is 48.0 Å². The van der Waals surface area contributed by atoms with Gasteiger partial charge in [0.15, 0.2) is 11.6 Å². The molecule has 0 spiro atoms. The predicted octanol–water partition coefficient (Wildman–Crippen LogP) is 5.65. The number of halogens is 2. The summed E-state index contributed by atoms with van der Waals surface area (Å²) in [4.78, 5) is 28.2. The molecule has 1 saturated heterocycles. The van der Waals surface area contributed by atoms with Crippen LogP contribution in [0.15, 0.2) is 72.8 Å². The van der Waals surface area contributed by atoms with Gasteiger partial charge in [0.05, 0.1) is 12.6 Å². The van der Waals surface area contributed by atoms with Crippen LogP contribution in [0.25, 0.3) is 0 Å². The van der Waals surface area contributed by atoms with E-state index in [0.29, 0.717) is 42.5 Å². The fourth-order valence-corrected chi connectivity index (χ4v) is 4.52.